The van der Waals surface area contributed by atoms with Crippen LogP contribution in [-0.4, -0.2) is 19.3 Å². The molecule has 0 saturated heterocycles. The van der Waals surface area contributed by atoms with Crippen LogP contribution in [0.15, 0.2) is 36.4 Å². The Balaban J connectivity index is 2.02. The number of ether oxygens (including phenoxy) is 2. The maximum Gasteiger partial charge on any atom is 0.125 e. The smallest absolute Gasteiger partial charge is 0.125 e. The van der Waals surface area contributed by atoms with Crippen molar-refractivity contribution < 1.29 is 14.6 Å². The fourth-order valence-electron chi connectivity index (χ4n) is 4.42. The largest absolute Gasteiger partial charge is 0.496 e. The van der Waals surface area contributed by atoms with Crippen LogP contribution >= 0.6 is 0 Å². The molecule has 3 heteroatoms. The van der Waals surface area contributed by atoms with Crippen LogP contribution < -0.4 is 9.47 Å². The summed E-state index contributed by atoms with van der Waals surface area (Å²) in [7, 11) is 3.48. The first kappa shape index (κ1) is 22.9. The van der Waals surface area contributed by atoms with Gasteiger partial charge in [-0.05, 0) is 90.8 Å². The Bertz CT molecular complexity index is 1010. The summed E-state index contributed by atoms with van der Waals surface area (Å²) in [5, 5.41) is 9.57. The molecule has 0 spiro atoms. The van der Waals surface area contributed by atoms with Crippen LogP contribution in [0.2, 0.25) is 0 Å². The van der Waals surface area contributed by atoms with Gasteiger partial charge >= 0.3 is 0 Å². The number of aryl methyl sites for hydroxylation is 5. The molecule has 0 amide bonds. The lowest BCUT2D eigenvalue weighted by Gasteiger charge is -2.18. The van der Waals surface area contributed by atoms with E-state index in [1.807, 2.05) is 0 Å². The molecule has 31 heavy (non-hydrogen) atoms. The van der Waals surface area contributed by atoms with Crippen LogP contribution in [0.4, 0.5) is 0 Å². The summed E-state index contributed by atoms with van der Waals surface area (Å²) < 4.78 is 11.4. The van der Waals surface area contributed by atoms with Crippen LogP contribution in [0.3, 0.4) is 0 Å². The lowest BCUT2D eigenvalue weighted by atomic mass is 9.91. The zero-order valence-electron chi connectivity index (χ0n) is 19.8. The Hall–Kier alpha value is -2.78. The molecule has 0 unspecified atom stereocenters. The second kappa shape index (κ2) is 9.57. The first-order valence-electron chi connectivity index (χ1n) is 10.8. The van der Waals surface area contributed by atoms with Crippen molar-refractivity contribution in [1.29, 1.82) is 0 Å². The average molecular weight is 419 g/mol. The van der Waals surface area contributed by atoms with Crippen LogP contribution in [0, 0.1) is 34.6 Å². The molecule has 3 aromatic carbocycles. The zero-order valence-corrected chi connectivity index (χ0v) is 19.8. The van der Waals surface area contributed by atoms with Gasteiger partial charge in [0.05, 0.1) is 20.8 Å². The van der Waals surface area contributed by atoms with Crippen molar-refractivity contribution in [1.82, 2.24) is 0 Å². The second-order valence-electron chi connectivity index (χ2n) is 8.58. The van der Waals surface area contributed by atoms with Gasteiger partial charge in [0, 0.05) is 12.8 Å². The summed E-state index contributed by atoms with van der Waals surface area (Å²) in [5.74, 6) is 1.89. The van der Waals surface area contributed by atoms with Gasteiger partial charge < -0.3 is 14.6 Å². The van der Waals surface area contributed by atoms with Gasteiger partial charge in [-0.25, -0.2) is 0 Å². The third-order valence-electron chi connectivity index (χ3n) is 6.17. The highest BCUT2D eigenvalue weighted by atomic mass is 16.5. The monoisotopic (exact) mass is 418 g/mol. The molecule has 164 valence electrons. The number of aliphatic hydroxyl groups excluding tert-OH is 1. The Morgan fingerprint density at radius 1 is 0.581 bits per heavy atom. The van der Waals surface area contributed by atoms with Crippen LogP contribution in [0.25, 0.3) is 0 Å². The molecule has 0 aliphatic carbocycles. The maximum atomic E-state index is 9.57. The molecule has 0 aromatic heterocycles. The van der Waals surface area contributed by atoms with Crippen LogP contribution in [0.5, 0.6) is 11.5 Å². The summed E-state index contributed by atoms with van der Waals surface area (Å²) in [4.78, 5) is 0. The number of rotatable bonds is 7. The highest BCUT2D eigenvalue weighted by Gasteiger charge is 2.15. The van der Waals surface area contributed by atoms with Crippen LogP contribution in [-0.2, 0) is 19.4 Å². The van der Waals surface area contributed by atoms with Gasteiger partial charge in [-0.3, -0.25) is 0 Å². The standard InChI is InChI=1S/C28H34O3/c1-17-8-24(14-22-10-19(3)26(16-29)11-18(22)2)28(31-7)25(9-17)15-23-12-21(5)27(30-6)13-20(23)4/h8-13,29H,14-16H2,1-7H3. The SMILES string of the molecule is COc1cc(C)c(Cc2cc(C)cc(Cc3cc(C)c(CO)cc3C)c2OC)cc1C. The van der Waals surface area contributed by atoms with E-state index in [1.165, 1.54) is 38.9 Å². The topological polar surface area (TPSA) is 38.7 Å². The van der Waals surface area contributed by atoms with Gasteiger partial charge in [0.1, 0.15) is 11.5 Å². The number of methoxy groups -OCH3 is 2. The highest BCUT2D eigenvalue weighted by Crippen LogP contribution is 2.33. The van der Waals surface area contributed by atoms with E-state index >= 15 is 0 Å². The Kier molecular flexibility index (Phi) is 7.07. The summed E-state index contributed by atoms with van der Waals surface area (Å²) in [5.41, 5.74) is 11.8. The Labute approximate surface area is 186 Å². The Morgan fingerprint density at radius 2 is 1.06 bits per heavy atom. The van der Waals surface area contributed by atoms with Crippen molar-refractivity contribution in [2.75, 3.05) is 14.2 Å². The molecule has 3 aromatic rings. The number of hydrogen-bond donors (Lipinski definition) is 1. The van der Waals surface area contributed by atoms with Gasteiger partial charge in [-0.1, -0.05) is 35.9 Å². The third kappa shape index (κ3) is 4.94. The normalized spacial score (nSPS) is 11.0. The lowest BCUT2D eigenvalue weighted by molar-refractivity contribution is 0.281. The maximum absolute atomic E-state index is 9.57. The molecule has 0 saturated carbocycles. The lowest BCUT2D eigenvalue weighted by Crippen LogP contribution is -2.04. The molecular formula is C28H34O3. The summed E-state index contributed by atoms with van der Waals surface area (Å²) in [6.45, 7) is 10.6. The molecule has 0 aliphatic rings. The highest BCUT2D eigenvalue weighted by molar-refractivity contribution is 5.52. The predicted molar refractivity (Wildman–Crippen MR) is 128 cm³/mol. The molecule has 1 N–H and O–H groups in total. The van der Waals surface area contributed by atoms with Crippen LogP contribution in [0.1, 0.15) is 55.6 Å². The fraction of sp³-hybridized carbons (Fsp3) is 0.357. The van der Waals surface area contributed by atoms with E-state index < -0.39 is 0 Å². The van der Waals surface area contributed by atoms with Gasteiger partial charge in [-0.2, -0.15) is 0 Å². The molecular weight excluding hydrogens is 384 g/mol. The summed E-state index contributed by atoms with van der Waals surface area (Å²) >= 11 is 0. The first-order valence-corrected chi connectivity index (χ1v) is 10.8. The van der Waals surface area contributed by atoms with Crippen molar-refractivity contribution in [3.05, 3.63) is 92.0 Å². The van der Waals surface area contributed by atoms with Crippen molar-refractivity contribution in [3.8, 4) is 11.5 Å². The van der Waals surface area contributed by atoms with E-state index in [0.717, 1.165) is 41.0 Å². The number of benzene rings is 3. The van der Waals surface area contributed by atoms with E-state index in [1.54, 1.807) is 14.2 Å². The van der Waals surface area contributed by atoms with E-state index in [4.69, 9.17) is 9.47 Å². The molecule has 0 radical (unpaired) electrons. The molecule has 0 aliphatic heterocycles. The van der Waals surface area contributed by atoms with Crippen molar-refractivity contribution in [3.63, 3.8) is 0 Å². The molecule has 0 fully saturated rings. The third-order valence-corrected chi connectivity index (χ3v) is 6.17. The molecule has 0 heterocycles. The molecule has 0 bridgehead atoms. The molecule has 3 nitrogen and oxygen atoms in total. The predicted octanol–water partition coefficient (Wildman–Crippen LogP) is 5.92. The van der Waals surface area contributed by atoms with Gasteiger partial charge in [0.25, 0.3) is 0 Å². The van der Waals surface area contributed by atoms with E-state index in [9.17, 15) is 5.11 Å². The van der Waals surface area contributed by atoms with Crippen molar-refractivity contribution in [2.24, 2.45) is 0 Å². The van der Waals surface area contributed by atoms with Crippen molar-refractivity contribution in [2.45, 2.75) is 54.1 Å². The molecule has 0 atom stereocenters. The number of aliphatic hydroxyl groups is 1. The summed E-state index contributed by atoms with van der Waals surface area (Å²) in [6.07, 6.45) is 1.62. The quantitative estimate of drug-likeness (QED) is 0.518. The van der Waals surface area contributed by atoms with E-state index in [0.29, 0.717) is 0 Å². The second-order valence-corrected chi connectivity index (χ2v) is 8.58. The van der Waals surface area contributed by atoms with Gasteiger partial charge in [0.2, 0.25) is 0 Å². The van der Waals surface area contributed by atoms with E-state index in [-0.39, 0.29) is 6.61 Å². The minimum absolute atomic E-state index is 0.0749. The Morgan fingerprint density at radius 3 is 1.58 bits per heavy atom. The number of hydrogen-bond acceptors (Lipinski definition) is 3. The minimum atomic E-state index is 0.0749. The molecule has 3 rings (SSSR count). The average Bonchev–Trinajstić information content (AvgIpc) is 2.72. The van der Waals surface area contributed by atoms with Gasteiger partial charge in [-0.15, -0.1) is 0 Å². The first-order chi connectivity index (χ1) is 14.8. The van der Waals surface area contributed by atoms with Crippen molar-refractivity contribution >= 4 is 0 Å². The zero-order chi connectivity index (χ0) is 22.7. The minimum Gasteiger partial charge on any atom is -0.496 e. The fourth-order valence-corrected chi connectivity index (χ4v) is 4.42. The van der Waals surface area contributed by atoms with E-state index in [2.05, 4.69) is 71.0 Å². The van der Waals surface area contributed by atoms with Gasteiger partial charge in [0.15, 0.2) is 0 Å². The summed E-state index contributed by atoms with van der Waals surface area (Å²) in [6, 6.07) is 13.1.